The van der Waals surface area contributed by atoms with Crippen molar-refractivity contribution in [1.29, 1.82) is 0 Å². The van der Waals surface area contributed by atoms with Crippen molar-refractivity contribution in [1.82, 2.24) is 4.57 Å². The minimum atomic E-state index is -0.700. The molecule has 1 aliphatic heterocycles. The van der Waals surface area contributed by atoms with E-state index in [0.717, 1.165) is 0 Å². The van der Waals surface area contributed by atoms with Crippen LogP contribution in [0.25, 0.3) is 0 Å². The highest BCUT2D eigenvalue weighted by atomic mass is 16.7. The van der Waals surface area contributed by atoms with Gasteiger partial charge in [-0.3, -0.25) is 4.79 Å². The Morgan fingerprint density at radius 1 is 1.45 bits per heavy atom. The van der Waals surface area contributed by atoms with E-state index in [1.807, 2.05) is 20.8 Å². The van der Waals surface area contributed by atoms with Gasteiger partial charge in [0.25, 0.3) is 5.56 Å². The number of aryl methyl sites for hydroxylation is 1. The van der Waals surface area contributed by atoms with Crippen molar-refractivity contribution in [2.24, 2.45) is 0 Å². The topological polar surface area (TPSA) is 66.8 Å². The minimum absolute atomic E-state index is 0.0243. The number of aromatic nitrogens is 1. The van der Waals surface area contributed by atoms with Gasteiger partial charge in [-0.05, 0) is 33.8 Å². The van der Waals surface area contributed by atoms with E-state index in [2.05, 4.69) is 6.58 Å². The van der Waals surface area contributed by atoms with Crippen LogP contribution < -0.4 is 11.0 Å². The lowest BCUT2D eigenvalue weighted by atomic mass is 9.79. The van der Waals surface area contributed by atoms with Gasteiger partial charge in [-0.15, -0.1) is 0 Å². The molecule has 1 aromatic heterocycles. The molecule has 2 rings (SSSR count). The fourth-order valence-electron chi connectivity index (χ4n) is 2.14. The minimum Gasteiger partial charge on any atom is -0.534 e. The Labute approximate surface area is 129 Å². The van der Waals surface area contributed by atoms with Crippen molar-refractivity contribution in [3.8, 4) is 0 Å². The van der Waals surface area contributed by atoms with Crippen LogP contribution in [0.4, 0.5) is 0 Å². The van der Waals surface area contributed by atoms with Gasteiger partial charge < -0.3 is 18.6 Å². The van der Waals surface area contributed by atoms with Crippen LogP contribution >= 0.6 is 0 Å². The van der Waals surface area contributed by atoms with Crippen LogP contribution in [0.2, 0.25) is 0 Å². The second-order valence-electron chi connectivity index (χ2n) is 5.50. The standard InChI is InChI=1S/C15H20BNO5/c1-6-17-9-11(16-21-10(3)15(4,5)22-16)8-12(13(17)18)14(19)20-7-2/h8-9H,3,6-7H2,1-2,4-5H3. The van der Waals surface area contributed by atoms with Gasteiger partial charge in [0.1, 0.15) is 11.2 Å². The Morgan fingerprint density at radius 2 is 2.14 bits per heavy atom. The van der Waals surface area contributed by atoms with E-state index in [1.165, 1.54) is 10.6 Å². The van der Waals surface area contributed by atoms with Crippen molar-refractivity contribution >= 4 is 18.6 Å². The van der Waals surface area contributed by atoms with Crippen LogP contribution in [0.15, 0.2) is 29.4 Å². The fraction of sp³-hybridized carbons (Fsp3) is 0.467. The molecule has 1 fully saturated rings. The van der Waals surface area contributed by atoms with Crippen LogP contribution in [0, 0.1) is 0 Å². The molecule has 2 heterocycles. The Bertz CT molecular complexity index is 664. The second-order valence-corrected chi connectivity index (χ2v) is 5.50. The quantitative estimate of drug-likeness (QED) is 0.615. The summed E-state index contributed by atoms with van der Waals surface area (Å²) in [5, 5.41) is 0. The molecule has 0 unspecified atom stereocenters. The summed E-state index contributed by atoms with van der Waals surface area (Å²) in [5.74, 6) is -0.142. The average Bonchev–Trinajstić information content (AvgIpc) is 2.73. The third kappa shape index (κ3) is 2.94. The average molecular weight is 305 g/mol. The zero-order valence-electron chi connectivity index (χ0n) is 13.3. The molecule has 0 spiro atoms. The SMILES string of the molecule is C=C1OB(c2cc(C(=O)OCC)c(=O)n(CC)c2)OC1(C)C. The van der Waals surface area contributed by atoms with Crippen molar-refractivity contribution in [3.05, 3.63) is 40.5 Å². The Hall–Kier alpha value is -2.02. The summed E-state index contributed by atoms with van der Waals surface area (Å²) < 4.78 is 17.8. The van der Waals surface area contributed by atoms with E-state index in [4.69, 9.17) is 14.0 Å². The number of pyridine rings is 1. The summed E-state index contributed by atoms with van der Waals surface area (Å²) in [5.41, 5.74) is -0.456. The molecule has 0 aromatic carbocycles. The molecule has 0 atom stereocenters. The van der Waals surface area contributed by atoms with E-state index in [0.29, 0.717) is 17.8 Å². The first kappa shape index (κ1) is 16.4. The first-order chi connectivity index (χ1) is 10.3. The third-order valence-corrected chi connectivity index (χ3v) is 3.54. The predicted octanol–water partition coefficient (Wildman–Crippen LogP) is 1.08. The molecule has 1 aromatic rings. The van der Waals surface area contributed by atoms with E-state index in [-0.39, 0.29) is 17.7 Å². The maximum absolute atomic E-state index is 12.2. The lowest BCUT2D eigenvalue weighted by Gasteiger charge is -2.15. The van der Waals surface area contributed by atoms with Gasteiger partial charge in [-0.25, -0.2) is 4.79 Å². The first-order valence-electron chi connectivity index (χ1n) is 7.25. The molecule has 1 saturated heterocycles. The number of hydrogen-bond acceptors (Lipinski definition) is 5. The molecule has 7 heteroatoms. The van der Waals surface area contributed by atoms with Gasteiger partial charge in [0, 0.05) is 18.2 Å². The third-order valence-electron chi connectivity index (χ3n) is 3.54. The summed E-state index contributed by atoms with van der Waals surface area (Å²) in [4.78, 5) is 24.2. The maximum Gasteiger partial charge on any atom is 0.564 e. The van der Waals surface area contributed by atoms with Crippen LogP contribution in [-0.4, -0.2) is 29.9 Å². The zero-order valence-corrected chi connectivity index (χ0v) is 13.3. The highest BCUT2D eigenvalue weighted by Crippen LogP contribution is 2.29. The molecule has 1 aliphatic rings. The predicted molar refractivity (Wildman–Crippen MR) is 83.1 cm³/mol. The molecule has 0 bridgehead atoms. The molecule has 6 nitrogen and oxygen atoms in total. The van der Waals surface area contributed by atoms with Crippen LogP contribution in [0.1, 0.15) is 38.1 Å². The van der Waals surface area contributed by atoms with Crippen molar-refractivity contribution in [2.75, 3.05) is 6.61 Å². The number of rotatable bonds is 4. The molecule has 118 valence electrons. The number of hydrogen-bond donors (Lipinski definition) is 0. The highest BCUT2D eigenvalue weighted by molar-refractivity contribution is 6.62. The fourth-order valence-corrected chi connectivity index (χ4v) is 2.14. The van der Waals surface area contributed by atoms with Gasteiger partial charge in [0.15, 0.2) is 0 Å². The summed E-state index contributed by atoms with van der Waals surface area (Å²) in [7, 11) is -0.700. The number of nitrogens with zero attached hydrogens (tertiary/aromatic N) is 1. The van der Waals surface area contributed by atoms with Gasteiger partial charge in [0.05, 0.1) is 12.4 Å². The molecule has 0 N–H and O–H groups in total. The first-order valence-corrected chi connectivity index (χ1v) is 7.25. The molecule has 0 amide bonds. The van der Waals surface area contributed by atoms with Crippen LogP contribution in [0.5, 0.6) is 0 Å². The molecular weight excluding hydrogens is 285 g/mol. The Balaban J connectivity index is 2.45. The molecular formula is C15H20BNO5. The summed E-state index contributed by atoms with van der Waals surface area (Å²) >= 11 is 0. The highest BCUT2D eigenvalue weighted by Gasteiger charge is 2.43. The van der Waals surface area contributed by atoms with Crippen LogP contribution in [-0.2, 0) is 20.6 Å². The van der Waals surface area contributed by atoms with Gasteiger partial charge >= 0.3 is 13.1 Å². The van der Waals surface area contributed by atoms with E-state index >= 15 is 0 Å². The van der Waals surface area contributed by atoms with Crippen molar-refractivity contribution < 1.29 is 18.8 Å². The molecule has 0 radical (unpaired) electrons. The van der Waals surface area contributed by atoms with Gasteiger partial charge in [-0.1, -0.05) is 6.58 Å². The van der Waals surface area contributed by atoms with E-state index in [1.54, 1.807) is 13.1 Å². The number of esters is 1. The molecule has 0 aliphatic carbocycles. The van der Waals surface area contributed by atoms with E-state index in [9.17, 15) is 9.59 Å². The normalized spacial score (nSPS) is 16.5. The number of carbonyl (C=O) groups is 1. The second kappa shape index (κ2) is 6.00. The summed E-state index contributed by atoms with van der Waals surface area (Å²) in [6.07, 6.45) is 1.63. The smallest absolute Gasteiger partial charge is 0.534 e. The molecule has 0 saturated carbocycles. The van der Waals surface area contributed by atoms with Crippen molar-refractivity contribution in [2.45, 2.75) is 39.8 Å². The number of carbonyl (C=O) groups excluding carboxylic acids is 1. The van der Waals surface area contributed by atoms with Crippen LogP contribution in [0.3, 0.4) is 0 Å². The van der Waals surface area contributed by atoms with Gasteiger partial charge in [0.2, 0.25) is 0 Å². The Morgan fingerprint density at radius 3 is 2.64 bits per heavy atom. The van der Waals surface area contributed by atoms with E-state index < -0.39 is 18.7 Å². The van der Waals surface area contributed by atoms with Gasteiger partial charge in [-0.2, -0.15) is 0 Å². The Kier molecular flexibility index (Phi) is 4.46. The maximum atomic E-state index is 12.2. The van der Waals surface area contributed by atoms with Crippen molar-refractivity contribution in [3.63, 3.8) is 0 Å². The summed E-state index contributed by atoms with van der Waals surface area (Å²) in [6, 6.07) is 1.46. The largest absolute Gasteiger partial charge is 0.564 e. The zero-order chi connectivity index (χ0) is 16.5. The lowest BCUT2D eigenvalue weighted by Crippen LogP contribution is -2.40. The molecule has 22 heavy (non-hydrogen) atoms. The monoisotopic (exact) mass is 305 g/mol. The number of ether oxygens (including phenoxy) is 1. The summed E-state index contributed by atoms with van der Waals surface area (Å²) in [6.45, 7) is 11.7. The lowest BCUT2D eigenvalue weighted by molar-refractivity contribution is 0.0523.